The predicted molar refractivity (Wildman–Crippen MR) is 160 cm³/mol. The number of allylic oxidation sites excluding steroid dienone is 6. The van der Waals surface area contributed by atoms with E-state index in [2.05, 4.69) is 6.08 Å². The fourth-order valence-electron chi connectivity index (χ4n) is 7.19. The maximum Gasteiger partial charge on any atom is 0.304 e. The topological polar surface area (TPSA) is 109 Å². The van der Waals surface area contributed by atoms with Crippen molar-refractivity contribution < 1.29 is 29.4 Å². The molecule has 6 nitrogen and oxygen atoms in total. The summed E-state index contributed by atoms with van der Waals surface area (Å²) in [6.45, 7) is 15.2. The molecule has 0 amide bonds. The SMILES string of the molecule is CC(C)=CCC1C[C@]2(CC=C(C)C)C(=O)[C@@](C(CC(=O)O)c3ccccc3)(C(=O)C(C(=O)CC(C)C)=C2O)C1(C)C. The molecule has 0 radical (unpaired) electrons. The lowest BCUT2D eigenvalue weighted by molar-refractivity contribution is -0.176. The summed E-state index contributed by atoms with van der Waals surface area (Å²) in [5, 5.41) is 22.1. The van der Waals surface area contributed by atoms with Gasteiger partial charge in [-0.25, -0.2) is 0 Å². The van der Waals surface area contributed by atoms with Crippen LogP contribution in [0.4, 0.5) is 0 Å². The van der Waals surface area contributed by atoms with Gasteiger partial charge in [0.15, 0.2) is 17.3 Å². The number of aliphatic carboxylic acids is 1. The molecule has 222 valence electrons. The lowest BCUT2D eigenvalue weighted by Crippen LogP contribution is -2.69. The van der Waals surface area contributed by atoms with Crippen LogP contribution in [0.3, 0.4) is 0 Å². The number of fused-ring (bicyclic) bond motifs is 2. The first kappa shape index (κ1) is 32.2. The van der Waals surface area contributed by atoms with Gasteiger partial charge in [-0.05, 0) is 69.8 Å². The van der Waals surface area contributed by atoms with E-state index in [1.807, 2.05) is 61.5 Å². The van der Waals surface area contributed by atoms with Gasteiger partial charge in [-0.1, -0.05) is 81.3 Å². The number of Topliss-reactive ketones (excluding diaryl/α,β-unsaturated/α-hetero) is 3. The third-order valence-corrected chi connectivity index (χ3v) is 9.35. The molecule has 0 aliphatic heterocycles. The Hall–Kier alpha value is -3.28. The van der Waals surface area contributed by atoms with Gasteiger partial charge < -0.3 is 10.2 Å². The number of carbonyl (C=O) groups is 4. The average molecular weight is 563 g/mol. The predicted octanol–water partition coefficient (Wildman–Crippen LogP) is 7.56. The summed E-state index contributed by atoms with van der Waals surface area (Å²) in [4.78, 5) is 56.4. The molecule has 0 spiro atoms. The van der Waals surface area contributed by atoms with Crippen molar-refractivity contribution >= 4 is 23.3 Å². The van der Waals surface area contributed by atoms with Crippen LogP contribution >= 0.6 is 0 Å². The van der Waals surface area contributed by atoms with Gasteiger partial charge in [0.05, 0.1) is 11.8 Å². The van der Waals surface area contributed by atoms with E-state index in [1.54, 1.807) is 30.3 Å². The second-order valence-electron chi connectivity index (χ2n) is 13.5. The zero-order valence-corrected chi connectivity index (χ0v) is 25.8. The zero-order chi connectivity index (χ0) is 30.9. The summed E-state index contributed by atoms with van der Waals surface area (Å²) in [7, 11) is 0. The lowest BCUT2D eigenvalue weighted by atomic mass is 9.37. The van der Waals surface area contributed by atoms with Crippen molar-refractivity contribution in [2.45, 2.75) is 93.4 Å². The minimum atomic E-state index is -1.88. The normalized spacial score (nSPS) is 26.0. The second-order valence-corrected chi connectivity index (χ2v) is 13.5. The molecule has 1 aromatic rings. The van der Waals surface area contributed by atoms with Crippen LogP contribution in [0.25, 0.3) is 0 Å². The third-order valence-electron chi connectivity index (χ3n) is 9.35. The van der Waals surface area contributed by atoms with Gasteiger partial charge in [0.1, 0.15) is 16.7 Å². The van der Waals surface area contributed by atoms with E-state index in [9.17, 15) is 24.6 Å². The fraction of sp³-hybridized carbons (Fsp3) is 0.543. The Balaban J connectivity index is 2.54. The van der Waals surface area contributed by atoms with Crippen molar-refractivity contribution in [1.29, 1.82) is 0 Å². The van der Waals surface area contributed by atoms with E-state index in [0.717, 1.165) is 11.1 Å². The number of benzene rings is 1. The highest BCUT2D eigenvalue weighted by molar-refractivity contribution is 6.32. The molecule has 1 saturated carbocycles. The minimum absolute atomic E-state index is 0.0324. The Morgan fingerprint density at radius 1 is 0.976 bits per heavy atom. The molecule has 2 bridgehead atoms. The molecule has 2 N–H and O–H groups in total. The van der Waals surface area contributed by atoms with Crippen molar-refractivity contribution in [3.05, 3.63) is 70.5 Å². The number of aliphatic hydroxyl groups excluding tert-OH is 1. The van der Waals surface area contributed by atoms with Gasteiger partial charge >= 0.3 is 5.97 Å². The van der Waals surface area contributed by atoms with Crippen molar-refractivity contribution in [3.8, 4) is 0 Å². The molecule has 1 aromatic carbocycles. The molecule has 0 aromatic heterocycles. The number of aliphatic hydroxyl groups is 1. The molecule has 2 aliphatic rings. The number of carboxylic acids is 1. The molecule has 0 heterocycles. The molecule has 6 heteroatoms. The van der Waals surface area contributed by atoms with Crippen LogP contribution < -0.4 is 0 Å². The van der Waals surface area contributed by atoms with Crippen LogP contribution in [-0.4, -0.2) is 33.5 Å². The maximum absolute atomic E-state index is 15.2. The number of carboxylic acid groups (broad SMARTS) is 1. The van der Waals surface area contributed by atoms with Crippen molar-refractivity contribution in [1.82, 2.24) is 0 Å². The Kier molecular flexibility index (Phi) is 9.36. The van der Waals surface area contributed by atoms with Gasteiger partial charge in [-0.15, -0.1) is 0 Å². The molecule has 1 fully saturated rings. The quantitative estimate of drug-likeness (QED) is 0.164. The molecular weight excluding hydrogens is 516 g/mol. The summed E-state index contributed by atoms with van der Waals surface area (Å²) in [5.74, 6) is -4.66. The van der Waals surface area contributed by atoms with Crippen molar-refractivity contribution in [2.24, 2.45) is 28.1 Å². The largest absolute Gasteiger partial charge is 0.510 e. The zero-order valence-electron chi connectivity index (χ0n) is 25.8. The molecule has 0 saturated heterocycles. The Morgan fingerprint density at radius 2 is 1.56 bits per heavy atom. The highest BCUT2D eigenvalue weighted by Crippen LogP contribution is 2.69. The van der Waals surface area contributed by atoms with Crippen LogP contribution in [0.15, 0.2) is 65.0 Å². The monoisotopic (exact) mass is 562 g/mol. The molecule has 3 rings (SSSR count). The van der Waals surface area contributed by atoms with E-state index in [1.165, 1.54) is 0 Å². The number of hydrogen-bond donors (Lipinski definition) is 2. The molecule has 2 unspecified atom stereocenters. The first-order chi connectivity index (χ1) is 19.0. The Bertz CT molecular complexity index is 1300. The summed E-state index contributed by atoms with van der Waals surface area (Å²) in [6, 6.07) is 8.84. The van der Waals surface area contributed by atoms with E-state index in [4.69, 9.17) is 0 Å². The number of carbonyl (C=O) groups excluding carboxylic acids is 3. The van der Waals surface area contributed by atoms with Crippen LogP contribution in [0, 0.1) is 28.1 Å². The first-order valence-electron chi connectivity index (χ1n) is 14.6. The minimum Gasteiger partial charge on any atom is -0.510 e. The Labute approximate surface area is 244 Å². The van der Waals surface area contributed by atoms with E-state index in [0.29, 0.717) is 12.0 Å². The van der Waals surface area contributed by atoms with Gasteiger partial charge in [-0.2, -0.15) is 0 Å². The highest BCUT2D eigenvalue weighted by Gasteiger charge is 2.75. The standard InChI is InChI=1S/C35H46O6/c1-21(2)14-15-25-20-34(17-16-22(3)4)30(39)29(27(36)18-23(5)6)31(40)35(32(34)41,33(25,7)8)26(19-28(37)38)24-12-10-9-11-13-24/h9-14,16,23,25-26,39H,15,17-20H2,1-8H3,(H,37,38)/t25?,26?,34-,35+/m0/s1. The molecule has 2 aliphatic carbocycles. The van der Waals surface area contributed by atoms with Gasteiger partial charge in [0.2, 0.25) is 0 Å². The second kappa shape index (κ2) is 11.9. The molecule has 41 heavy (non-hydrogen) atoms. The van der Waals surface area contributed by atoms with Crippen LogP contribution in [0.2, 0.25) is 0 Å². The summed E-state index contributed by atoms with van der Waals surface area (Å²) in [5.41, 5.74) is -2.18. The van der Waals surface area contributed by atoms with Crippen LogP contribution in [0.1, 0.15) is 99.0 Å². The number of hydrogen-bond acceptors (Lipinski definition) is 5. The number of rotatable bonds is 11. The smallest absolute Gasteiger partial charge is 0.304 e. The van der Waals surface area contributed by atoms with E-state index >= 15 is 4.79 Å². The van der Waals surface area contributed by atoms with E-state index in [-0.39, 0.29) is 36.7 Å². The summed E-state index contributed by atoms with van der Waals surface area (Å²) in [6.07, 6.45) is 4.44. The Morgan fingerprint density at radius 3 is 2.07 bits per heavy atom. The molecule has 4 atom stereocenters. The van der Waals surface area contributed by atoms with Gasteiger partial charge in [0.25, 0.3) is 0 Å². The first-order valence-corrected chi connectivity index (χ1v) is 14.6. The molecular formula is C35H46O6. The van der Waals surface area contributed by atoms with Crippen LogP contribution in [-0.2, 0) is 19.2 Å². The summed E-state index contributed by atoms with van der Waals surface area (Å²) >= 11 is 0. The van der Waals surface area contributed by atoms with Crippen LogP contribution in [0.5, 0.6) is 0 Å². The summed E-state index contributed by atoms with van der Waals surface area (Å²) < 4.78 is 0. The fourth-order valence-corrected chi connectivity index (χ4v) is 7.19. The lowest BCUT2D eigenvalue weighted by Gasteiger charge is -2.62. The average Bonchev–Trinajstić information content (AvgIpc) is 2.86. The van der Waals surface area contributed by atoms with Gasteiger partial charge in [-0.3, -0.25) is 19.2 Å². The maximum atomic E-state index is 15.2. The third kappa shape index (κ3) is 5.50. The van der Waals surface area contributed by atoms with Crippen molar-refractivity contribution in [2.75, 3.05) is 0 Å². The van der Waals surface area contributed by atoms with E-state index < -0.39 is 57.7 Å². The van der Waals surface area contributed by atoms with Gasteiger partial charge in [0, 0.05) is 12.3 Å². The number of ketones is 3. The van der Waals surface area contributed by atoms with Crippen molar-refractivity contribution in [3.63, 3.8) is 0 Å². The highest BCUT2D eigenvalue weighted by atomic mass is 16.4.